The van der Waals surface area contributed by atoms with Gasteiger partial charge in [0.1, 0.15) is 48.2 Å². The fourth-order valence-corrected chi connectivity index (χ4v) is 10.9. The minimum Gasteiger partial charge on any atom is -0.463 e. The number of hydrogen-bond acceptors (Lipinski definition) is 12. The van der Waals surface area contributed by atoms with Gasteiger partial charge >= 0.3 is 11.9 Å². The van der Waals surface area contributed by atoms with Gasteiger partial charge in [0.15, 0.2) is 6.29 Å². The second-order valence-electron chi connectivity index (χ2n) is 16.4. The van der Waals surface area contributed by atoms with Crippen molar-refractivity contribution < 1.29 is 58.6 Å². The second kappa shape index (κ2) is 14.9. The Hall–Kier alpha value is -1.96. The number of ether oxygens (including phenoxy) is 4. The van der Waals surface area contributed by atoms with E-state index in [1.807, 2.05) is 20.8 Å². The number of carbonyl (C=O) groups is 4. The smallest absolute Gasteiger partial charge is 0.302 e. The molecule has 5 rings (SSSR count). The van der Waals surface area contributed by atoms with Gasteiger partial charge in [-0.25, -0.2) is 0 Å². The Labute approximate surface area is 289 Å². The first-order valence-electron chi connectivity index (χ1n) is 18.3. The lowest BCUT2D eigenvalue weighted by molar-refractivity contribution is -0.303. The lowest BCUT2D eigenvalue weighted by Crippen LogP contribution is -2.59. The molecule has 1 heterocycles. The Balaban J connectivity index is 1.25. The van der Waals surface area contributed by atoms with Gasteiger partial charge in [-0.05, 0) is 80.0 Å². The Morgan fingerprint density at radius 1 is 0.939 bits per heavy atom. The van der Waals surface area contributed by atoms with Crippen LogP contribution in [0.25, 0.3) is 0 Å². The van der Waals surface area contributed by atoms with Crippen LogP contribution in [-0.2, 0) is 38.1 Å². The van der Waals surface area contributed by atoms with E-state index in [-0.39, 0.29) is 65.8 Å². The molecular weight excluding hydrogens is 636 g/mol. The summed E-state index contributed by atoms with van der Waals surface area (Å²) in [6, 6.07) is 0. The highest BCUT2D eigenvalue weighted by atomic mass is 16.7. The number of aliphatic hydroxyl groups is 4. The number of fused-ring (bicyclic) bond motifs is 5. The molecule has 4 saturated carbocycles. The molecule has 1 saturated heterocycles. The van der Waals surface area contributed by atoms with Crippen LogP contribution in [-0.4, -0.2) is 100 Å². The predicted molar refractivity (Wildman–Crippen MR) is 174 cm³/mol. The number of carbonyl (C=O) groups excluding carboxylic acids is 4. The van der Waals surface area contributed by atoms with E-state index in [0.717, 1.165) is 32.1 Å². The molecule has 5 aliphatic rings. The maximum absolute atomic E-state index is 14.4. The van der Waals surface area contributed by atoms with E-state index >= 15 is 0 Å². The summed E-state index contributed by atoms with van der Waals surface area (Å²) in [6.45, 7) is 10.5. The SMILES string of the molecule is CC(=O)O[C@H]1CC[C@@]2(C)[C@@H](CC[C@@H]3[C@@H]2CC(=O)[C@]2(C)[C@@H]([C@H](C)C(=O)CC[C@@H](C)CO[C@@H]4O[C@H](CO)[C@@H](O)[C@H](O)[C@H]4O)[C@@H](OC(C)=O)C[C@@H]32)C1. The molecule has 1 aliphatic heterocycles. The van der Waals surface area contributed by atoms with E-state index in [1.165, 1.54) is 13.8 Å². The molecule has 0 aromatic rings. The molecule has 0 aromatic carbocycles. The average molecular weight is 695 g/mol. The first-order valence-corrected chi connectivity index (χ1v) is 18.3. The van der Waals surface area contributed by atoms with Crippen LogP contribution in [0.5, 0.6) is 0 Å². The molecule has 12 heteroatoms. The van der Waals surface area contributed by atoms with Gasteiger partial charge in [0, 0.05) is 43.9 Å². The van der Waals surface area contributed by atoms with E-state index in [1.54, 1.807) is 0 Å². The topological polar surface area (TPSA) is 186 Å². The quantitative estimate of drug-likeness (QED) is 0.232. The van der Waals surface area contributed by atoms with Crippen LogP contribution < -0.4 is 0 Å². The van der Waals surface area contributed by atoms with Crippen molar-refractivity contribution >= 4 is 23.5 Å². The van der Waals surface area contributed by atoms with Crippen molar-refractivity contribution in [3.63, 3.8) is 0 Å². The van der Waals surface area contributed by atoms with Crippen molar-refractivity contribution in [3.8, 4) is 0 Å². The summed E-state index contributed by atoms with van der Waals surface area (Å²) in [5.41, 5.74) is -0.840. The van der Waals surface area contributed by atoms with Crippen molar-refractivity contribution in [2.75, 3.05) is 13.2 Å². The predicted octanol–water partition coefficient (Wildman–Crippen LogP) is 2.74. The van der Waals surface area contributed by atoms with Crippen LogP contribution in [0.4, 0.5) is 0 Å². The lowest BCUT2D eigenvalue weighted by atomic mass is 9.44. The summed E-state index contributed by atoms with van der Waals surface area (Å²) in [4.78, 5) is 52.3. The van der Waals surface area contributed by atoms with Crippen LogP contribution in [0.1, 0.15) is 99.3 Å². The van der Waals surface area contributed by atoms with Gasteiger partial charge < -0.3 is 39.4 Å². The van der Waals surface area contributed by atoms with Crippen molar-refractivity contribution in [1.82, 2.24) is 0 Å². The summed E-state index contributed by atoms with van der Waals surface area (Å²) < 4.78 is 22.7. The van der Waals surface area contributed by atoms with Gasteiger partial charge in [-0.2, -0.15) is 0 Å². The third kappa shape index (κ3) is 7.24. The van der Waals surface area contributed by atoms with E-state index in [2.05, 4.69) is 6.92 Å². The van der Waals surface area contributed by atoms with Crippen molar-refractivity contribution in [2.24, 2.45) is 52.3 Å². The van der Waals surface area contributed by atoms with Crippen LogP contribution in [0.2, 0.25) is 0 Å². The fraction of sp³-hybridized carbons (Fsp3) is 0.892. The molecule has 49 heavy (non-hydrogen) atoms. The Bertz CT molecular complexity index is 1240. The van der Waals surface area contributed by atoms with E-state index in [4.69, 9.17) is 18.9 Å². The summed E-state index contributed by atoms with van der Waals surface area (Å²) in [5.74, 6) is -0.779. The molecule has 4 aliphatic carbocycles. The molecule has 5 fully saturated rings. The number of hydrogen-bond donors (Lipinski definition) is 4. The first-order chi connectivity index (χ1) is 23.0. The van der Waals surface area contributed by atoms with Crippen molar-refractivity contribution in [1.29, 1.82) is 0 Å². The van der Waals surface area contributed by atoms with Gasteiger partial charge in [-0.15, -0.1) is 0 Å². The molecule has 278 valence electrons. The normalized spacial score (nSPS) is 44.6. The first kappa shape index (κ1) is 38.3. The van der Waals surface area contributed by atoms with Gasteiger partial charge in [0.25, 0.3) is 0 Å². The Morgan fingerprint density at radius 2 is 1.63 bits per heavy atom. The zero-order chi connectivity index (χ0) is 36.0. The molecular formula is C37H58O12. The minimum absolute atomic E-state index is 0.00169. The maximum atomic E-state index is 14.4. The third-order valence-electron chi connectivity index (χ3n) is 13.5. The number of Topliss-reactive ketones (excluding diaryl/α,β-unsaturated/α-hetero) is 2. The summed E-state index contributed by atoms with van der Waals surface area (Å²) >= 11 is 0. The van der Waals surface area contributed by atoms with Gasteiger partial charge in [-0.1, -0.05) is 27.7 Å². The van der Waals surface area contributed by atoms with Crippen LogP contribution in [0.3, 0.4) is 0 Å². The molecule has 0 bridgehead atoms. The minimum atomic E-state index is -1.53. The largest absolute Gasteiger partial charge is 0.463 e. The standard InChI is InChI=1S/C37H58O12/c1-18(17-46-35-34(45)33(44)32(43)29(16-38)49-35)7-10-27(41)19(2)31-28(48-21(4)40)14-26-24-9-8-22-13-23(47-20(3)39)11-12-36(22,5)25(24)15-30(42)37(26,31)6/h18-19,22-26,28-29,31-35,38,43-45H,7-17H2,1-6H3/t18-,19-,22+,23+,24-,25+,26+,28+,29-,31+,32-,33+,34-,35-,36+,37-/m1/s1. The zero-order valence-electron chi connectivity index (χ0n) is 29.9. The molecule has 12 nitrogen and oxygen atoms in total. The summed E-state index contributed by atoms with van der Waals surface area (Å²) in [7, 11) is 0. The zero-order valence-corrected chi connectivity index (χ0v) is 29.9. The van der Waals surface area contributed by atoms with Crippen LogP contribution in [0, 0.1) is 52.3 Å². The van der Waals surface area contributed by atoms with Gasteiger partial charge in [-0.3, -0.25) is 19.2 Å². The lowest BCUT2D eigenvalue weighted by Gasteiger charge is -2.60. The average Bonchev–Trinajstić information content (AvgIpc) is 3.34. The molecule has 0 aromatic heterocycles. The third-order valence-corrected chi connectivity index (χ3v) is 13.5. The molecule has 4 N–H and O–H groups in total. The number of aliphatic hydroxyl groups excluding tert-OH is 4. The fourth-order valence-electron chi connectivity index (χ4n) is 10.9. The van der Waals surface area contributed by atoms with E-state index in [0.29, 0.717) is 25.2 Å². The molecule has 16 atom stereocenters. The highest BCUT2D eigenvalue weighted by molar-refractivity contribution is 5.89. The highest BCUT2D eigenvalue weighted by Crippen LogP contribution is 2.67. The number of rotatable bonds is 11. The maximum Gasteiger partial charge on any atom is 0.302 e. The van der Waals surface area contributed by atoms with E-state index < -0.39 is 66.6 Å². The van der Waals surface area contributed by atoms with E-state index in [9.17, 15) is 39.6 Å². The van der Waals surface area contributed by atoms with Crippen molar-refractivity contribution in [3.05, 3.63) is 0 Å². The Morgan fingerprint density at radius 3 is 2.29 bits per heavy atom. The van der Waals surface area contributed by atoms with Gasteiger partial charge in [0.2, 0.25) is 0 Å². The highest BCUT2D eigenvalue weighted by Gasteiger charge is 2.67. The molecule has 0 amide bonds. The monoisotopic (exact) mass is 694 g/mol. The van der Waals surface area contributed by atoms with Crippen molar-refractivity contribution in [2.45, 2.75) is 142 Å². The molecule has 0 radical (unpaired) electrons. The van der Waals surface area contributed by atoms with Gasteiger partial charge in [0.05, 0.1) is 13.2 Å². The second-order valence-corrected chi connectivity index (χ2v) is 16.4. The van der Waals surface area contributed by atoms with Crippen LogP contribution >= 0.6 is 0 Å². The summed E-state index contributed by atoms with van der Waals surface area (Å²) in [6.07, 6.45) is -1.27. The number of ketones is 2. The number of esters is 2. The molecule has 0 spiro atoms. The van der Waals surface area contributed by atoms with Crippen LogP contribution in [0.15, 0.2) is 0 Å². The molecule has 0 unspecified atom stereocenters. The Kier molecular flexibility index (Phi) is 11.7. The summed E-state index contributed by atoms with van der Waals surface area (Å²) in [5, 5.41) is 39.8.